The predicted octanol–water partition coefficient (Wildman–Crippen LogP) is 5.95. The summed E-state index contributed by atoms with van der Waals surface area (Å²) in [4.78, 5) is 19.6. The van der Waals surface area contributed by atoms with Crippen LogP contribution >= 0.6 is 23.2 Å². The van der Waals surface area contributed by atoms with E-state index in [0.717, 1.165) is 0 Å². The van der Waals surface area contributed by atoms with E-state index in [1.54, 1.807) is 18.2 Å². The number of carbonyl (C=O) groups is 1. The number of amides is 1. The van der Waals surface area contributed by atoms with E-state index < -0.39 is 24.2 Å². The lowest BCUT2D eigenvalue weighted by molar-refractivity contribution is 0.0949. The van der Waals surface area contributed by atoms with Crippen LogP contribution in [0.3, 0.4) is 0 Å². The van der Waals surface area contributed by atoms with E-state index in [2.05, 4.69) is 20.4 Å². The maximum Gasteiger partial charge on any atom is 0.255 e. The van der Waals surface area contributed by atoms with Gasteiger partial charge in [0.15, 0.2) is 0 Å². The molecule has 0 radical (unpaired) electrons. The molecule has 2 N–H and O–H groups in total. The molecule has 35 heavy (non-hydrogen) atoms. The lowest BCUT2D eigenvalue weighted by Gasteiger charge is -2.07. The summed E-state index contributed by atoms with van der Waals surface area (Å²) >= 11 is 12.0. The number of carbonyl (C=O) groups excluding carboxylic acids is 1. The van der Waals surface area contributed by atoms with Gasteiger partial charge in [0.1, 0.15) is 29.5 Å². The van der Waals surface area contributed by atoms with E-state index in [4.69, 9.17) is 23.2 Å². The van der Waals surface area contributed by atoms with Crippen LogP contribution in [0.4, 0.5) is 13.2 Å². The van der Waals surface area contributed by atoms with Crippen LogP contribution in [0.15, 0.2) is 48.9 Å². The van der Waals surface area contributed by atoms with Gasteiger partial charge in [-0.25, -0.2) is 13.2 Å². The van der Waals surface area contributed by atoms with E-state index in [1.165, 1.54) is 35.4 Å². The zero-order chi connectivity index (χ0) is 24.7. The first-order chi connectivity index (χ1) is 16.8. The third-order valence-electron chi connectivity index (χ3n) is 5.57. The molecule has 0 atom stereocenters. The first-order valence-electron chi connectivity index (χ1n) is 10.4. The Kier molecular flexibility index (Phi) is 6.12. The van der Waals surface area contributed by atoms with Crippen molar-refractivity contribution in [3.63, 3.8) is 0 Å². The summed E-state index contributed by atoms with van der Waals surface area (Å²) in [5, 5.41) is 8.03. The van der Waals surface area contributed by atoms with Crippen molar-refractivity contribution in [1.29, 1.82) is 0 Å². The summed E-state index contributed by atoms with van der Waals surface area (Å²) in [6.07, 6.45) is 4.20. The highest BCUT2D eigenvalue weighted by atomic mass is 35.5. The number of hydrogen-bond donors (Lipinski definition) is 2. The van der Waals surface area contributed by atoms with Gasteiger partial charge in [-0.1, -0.05) is 29.3 Å². The number of nitrogens with one attached hydrogen (secondary N) is 2. The largest absolute Gasteiger partial charge is 0.360 e. The number of fused-ring (bicyclic) bond motifs is 2. The molecule has 0 fully saturated rings. The van der Waals surface area contributed by atoms with Gasteiger partial charge in [0.25, 0.3) is 5.91 Å². The molecule has 0 saturated carbocycles. The van der Waals surface area contributed by atoms with E-state index >= 15 is 0 Å². The number of nitrogens with zero attached hydrogens (tertiary/aromatic N) is 3. The highest BCUT2D eigenvalue weighted by Gasteiger charge is 2.18. The van der Waals surface area contributed by atoms with Crippen molar-refractivity contribution < 1.29 is 18.0 Å². The Labute approximate surface area is 206 Å². The van der Waals surface area contributed by atoms with Crippen LogP contribution in [-0.2, 0) is 19.8 Å². The van der Waals surface area contributed by atoms with Crippen LogP contribution in [0.25, 0.3) is 21.8 Å². The molecule has 0 aliphatic carbocycles. The highest BCUT2D eigenvalue weighted by Crippen LogP contribution is 2.28. The molecule has 0 aliphatic heterocycles. The van der Waals surface area contributed by atoms with Gasteiger partial charge in [-0.15, -0.1) is 0 Å². The van der Waals surface area contributed by atoms with Crippen molar-refractivity contribution in [3.8, 4) is 0 Å². The Hall–Kier alpha value is -3.56. The van der Waals surface area contributed by atoms with Crippen molar-refractivity contribution in [2.45, 2.75) is 19.8 Å². The molecule has 5 rings (SSSR count). The number of pyridine rings is 1. The minimum atomic E-state index is -0.985. The molecular formula is C24H16Cl2F3N5O. The van der Waals surface area contributed by atoms with Gasteiger partial charge in [0.2, 0.25) is 0 Å². The number of halogens is 5. The first kappa shape index (κ1) is 23.2. The van der Waals surface area contributed by atoms with E-state index in [0.29, 0.717) is 21.5 Å². The normalized spacial score (nSPS) is 11.5. The second-order valence-corrected chi connectivity index (χ2v) is 8.75. The quantitative estimate of drug-likeness (QED) is 0.292. The molecule has 3 heterocycles. The lowest BCUT2D eigenvalue weighted by Crippen LogP contribution is -2.24. The molecule has 2 aromatic carbocycles. The average Bonchev–Trinajstić information content (AvgIpc) is 3.41. The Morgan fingerprint density at radius 1 is 1.17 bits per heavy atom. The molecule has 0 aliphatic rings. The van der Waals surface area contributed by atoms with Crippen molar-refractivity contribution in [1.82, 2.24) is 25.1 Å². The van der Waals surface area contributed by atoms with Crippen molar-refractivity contribution in [2.24, 2.45) is 0 Å². The maximum atomic E-state index is 14.8. The third kappa shape index (κ3) is 4.44. The fourth-order valence-electron chi connectivity index (χ4n) is 3.94. The van der Waals surface area contributed by atoms with Gasteiger partial charge < -0.3 is 10.3 Å². The standard InChI is InChI=1S/C24H16Cl2F3N5O/c25-15-5-14-3-12(4-18(28)23(14)31-8-15)10-34-11-16(20(6-27)33-34)24(35)32-7-13-1-2-19-21(22(13)29)17(26)9-30-19/h1-5,8-9,11,30H,6-7,10H2,(H,32,35). The zero-order valence-electron chi connectivity index (χ0n) is 17.9. The summed E-state index contributed by atoms with van der Waals surface area (Å²) in [7, 11) is 0. The minimum Gasteiger partial charge on any atom is -0.360 e. The predicted molar refractivity (Wildman–Crippen MR) is 127 cm³/mol. The Morgan fingerprint density at radius 2 is 2.00 bits per heavy atom. The van der Waals surface area contributed by atoms with Crippen molar-refractivity contribution >= 4 is 50.9 Å². The number of aromatic amines is 1. The van der Waals surface area contributed by atoms with Crippen LogP contribution in [-0.4, -0.2) is 25.7 Å². The van der Waals surface area contributed by atoms with E-state index in [1.807, 2.05) is 0 Å². The topological polar surface area (TPSA) is 75.6 Å². The van der Waals surface area contributed by atoms with Crippen molar-refractivity contribution in [3.05, 3.63) is 93.0 Å². The Bertz CT molecular complexity index is 1600. The Morgan fingerprint density at radius 3 is 2.80 bits per heavy atom. The molecule has 0 bridgehead atoms. The molecule has 3 aromatic heterocycles. The number of H-pyrrole nitrogens is 1. The van der Waals surface area contributed by atoms with Gasteiger partial charge in [-0.05, 0) is 29.8 Å². The van der Waals surface area contributed by atoms with Gasteiger partial charge in [-0.2, -0.15) is 5.10 Å². The average molecular weight is 518 g/mol. The van der Waals surface area contributed by atoms with Crippen LogP contribution in [0.2, 0.25) is 10.0 Å². The summed E-state index contributed by atoms with van der Waals surface area (Å²) in [6.45, 7) is -1.04. The summed E-state index contributed by atoms with van der Waals surface area (Å²) in [5.74, 6) is -1.71. The number of rotatable bonds is 6. The smallest absolute Gasteiger partial charge is 0.255 e. The van der Waals surface area contributed by atoms with Gasteiger partial charge in [0, 0.05) is 41.6 Å². The summed E-state index contributed by atoms with van der Waals surface area (Å²) < 4.78 is 44.2. The summed E-state index contributed by atoms with van der Waals surface area (Å²) in [6, 6.07) is 7.76. The third-order valence-corrected chi connectivity index (χ3v) is 6.08. The molecule has 0 saturated heterocycles. The van der Waals surface area contributed by atoms with Crippen LogP contribution < -0.4 is 5.32 Å². The summed E-state index contributed by atoms with van der Waals surface area (Å²) in [5.41, 5.74) is 1.37. The SMILES string of the molecule is O=C(NCc1ccc2[nH]cc(Cl)c2c1F)c1cn(Cc2cc(F)c3ncc(Cl)cc3c2)nc1CF. The number of aromatic nitrogens is 4. The fourth-order valence-corrected chi connectivity index (χ4v) is 4.35. The van der Waals surface area contributed by atoms with Crippen LogP contribution in [0, 0.1) is 11.6 Å². The maximum absolute atomic E-state index is 14.8. The van der Waals surface area contributed by atoms with E-state index in [9.17, 15) is 18.0 Å². The van der Waals surface area contributed by atoms with Gasteiger partial charge in [0.05, 0.1) is 27.5 Å². The number of alkyl halides is 1. The van der Waals surface area contributed by atoms with E-state index in [-0.39, 0.29) is 45.8 Å². The Balaban J connectivity index is 1.36. The molecule has 0 spiro atoms. The van der Waals surface area contributed by atoms with Crippen LogP contribution in [0.5, 0.6) is 0 Å². The molecule has 1 amide bonds. The minimum absolute atomic E-state index is 0.000338. The number of benzene rings is 2. The van der Waals surface area contributed by atoms with Gasteiger partial charge in [-0.3, -0.25) is 14.5 Å². The lowest BCUT2D eigenvalue weighted by atomic mass is 10.1. The monoisotopic (exact) mass is 517 g/mol. The molecular weight excluding hydrogens is 502 g/mol. The molecule has 178 valence electrons. The van der Waals surface area contributed by atoms with Crippen molar-refractivity contribution in [2.75, 3.05) is 0 Å². The second-order valence-electron chi connectivity index (χ2n) is 7.90. The zero-order valence-corrected chi connectivity index (χ0v) is 19.4. The molecule has 11 heteroatoms. The highest BCUT2D eigenvalue weighted by molar-refractivity contribution is 6.35. The molecule has 6 nitrogen and oxygen atoms in total. The van der Waals surface area contributed by atoms with Gasteiger partial charge >= 0.3 is 0 Å². The first-order valence-corrected chi connectivity index (χ1v) is 11.2. The second kappa shape index (κ2) is 9.24. The molecule has 0 unspecified atom stereocenters. The number of hydrogen-bond acceptors (Lipinski definition) is 3. The molecule has 5 aromatic rings. The fraction of sp³-hybridized carbons (Fsp3) is 0.125. The van der Waals surface area contributed by atoms with Crippen LogP contribution in [0.1, 0.15) is 27.2 Å².